The van der Waals surface area contributed by atoms with Gasteiger partial charge in [-0.15, -0.1) is 0 Å². The third-order valence-electron chi connectivity index (χ3n) is 10.6. The van der Waals surface area contributed by atoms with Crippen LogP contribution >= 0.6 is 0 Å². The molecule has 0 saturated carbocycles. The Morgan fingerprint density at radius 2 is 1.22 bits per heavy atom. The number of hydrogen-bond donors (Lipinski definition) is 5. The minimum absolute atomic E-state index is 0.0124. The first-order valence-electron chi connectivity index (χ1n) is 22.6. The lowest BCUT2D eigenvalue weighted by Crippen LogP contribution is -2.65. The van der Waals surface area contributed by atoms with Crippen molar-refractivity contribution in [1.29, 1.82) is 0 Å². The summed E-state index contributed by atoms with van der Waals surface area (Å²) in [6.45, 7) is 17.3. The van der Waals surface area contributed by atoms with Crippen LogP contribution in [0.1, 0.15) is 107 Å². The number of rotatable bonds is 17. The van der Waals surface area contributed by atoms with Crippen LogP contribution in [0.3, 0.4) is 0 Å². The third-order valence-corrected chi connectivity index (χ3v) is 10.6. The monoisotopic (exact) mass is 960 g/mol. The molecular formula is C49H68O19. The van der Waals surface area contributed by atoms with Crippen LogP contribution in [0.5, 0.6) is 23.0 Å². The van der Waals surface area contributed by atoms with Crippen LogP contribution in [0.15, 0.2) is 42.5 Å². The van der Waals surface area contributed by atoms with Gasteiger partial charge in [0.15, 0.2) is 41.7 Å². The zero-order valence-electron chi connectivity index (χ0n) is 40.6. The molecule has 2 fully saturated rings. The van der Waals surface area contributed by atoms with E-state index in [1.807, 2.05) is 6.92 Å². The lowest BCUT2D eigenvalue weighted by Gasteiger charge is -2.46. The number of carbonyl (C=O) groups excluding carboxylic acids is 5. The third kappa shape index (κ3) is 15.3. The predicted octanol–water partition coefficient (Wildman–Crippen LogP) is 4.11. The number of aliphatic hydroxyl groups is 5. The van der Waals surface area contributed by atoms with Crippen LogP contribution in [-0.4, -0.2) is 130 Å². The van der Waals surface area contributed by atoms with E-state index >= 15 is 0 Å². The Morgan fingerprint density at radius 3 is 1.79 bits per heavy atom. The summed E-state index contributed by atoms with van der Waals surface area (Å²) >= 11 is 0. The van der Waals surface area contributed by atoms with E-state index < -0.39 is 114 Å². The molecule has 2 saturated heterocycles. The first-order chi connectivity index (χ1) is 31.6. The van der Waals surface area contributed by atoms with Crippen LogP contribution in [0.2, 0.25) is 0 Å². The molecule has 378 valence electrons. The lowest BCUT2D eigenvalue weighted by atomic mass is 9.97. The van der Waals surface area contributed by atoms with Crippen LogP contribution in [-0.2, 0) is 54.1 Å². The van der Waals surface area contributed by atoms with Gasteiger partial charge < -0.3 is 68.2 Å². The van der Waals surface area contributed by atoms with Gasteiger partial charge in [-0.2, -0.15) is 0 Å². The van der Waals surface area contributed by atoms with Gasteiger partial charge in [0.2, 0.25) is 0 Å². The highest BCUT2D eigenvalue weighted by Crippen LogP contribution is 2.36. The van der Waals surface area contributed by atoms with Gasteiger partial charge in [-0.25, -0.2) is 4.79 Å². The molecule has 0 aromatic heterocycles. The normalized spacial score (nSPS) is 25.6. The van der Waals surface area contributed by atoms with Crippen molar-refractivity contribution in [3.8, 4) is 23.0 Å². The highest BCUT2D eigenvalue weighted by Gasteiger charge is 2.52. The molecule has 2 aliphatic heterocycles. The van der Waals surface area contributed by atoms with E-state index in [9.17, 15) is 49.5 Å². The number of aliphatic hydroxyl groups excluding tert-OH is 5. The molecule has 0 aliphatic carbocycles. The second-order valence-electron chi connectivity index (χ2n) is 19.8. The van der Waals surface area contributed by atoms with Crippen LogP contribution in [0, 0.1) is 16.2 Å². The molecule has 4 rings (SSSR count). The summed E-state index contributed by atoms with van der Waals surface area (Å²) in [7, 11) is 0. The molecule has 2 heterocycles. The molecule has 19 nitrogen and oxygen atoms in total. The molecule has 0 unspecified atom stereocenters. The quantitative estimate of drug-likeness (QED) is 0.0848. The fourth-order valence-corrected chi connectivity index (χ4v) is 6.31. The number of carbonyl (C=O) groups is 5. The van der Waals surface area contributed by atoms with Gasteiger partial charge in [0.25, 0.3) is 0 Å². The number of hydrogen-bond acceptors (Lipinski definition) is 19. The van der Waals surface area contributed by atoms with Crippen molar-refractivity contribution >= 4 is 35.9 Å². The van der Waals surface area contributed by atoms with Gasteiger partial charge in [-0.1, -0.05) is 25.5 Å². The number of unbranched alkanes of at least 4 members (excludes halogenated alkanes) is 1. The maximum atomic E-state index is 13.5. The van der Waals surface area contributed by atoms with E-state index in [2.05, 4.69) is 0 Å². The Balaban J connectivity index is 1.58. The van der Waals surface area contributed by atoms with E-state index in [0.29, 0.717) is 17.5 Å². The summed E-state index contributed by atoms with van der Waals surface area (Å²) in [6, 6.07) is 8.87. The molecule has 2 aliphatic rings. The summed E-state index contributed by atoms with van der Waals surface area (Å²) in [5.41, 5.74) is -1.82. The molecular weight excluding hydrogens is 893 g/mol. The average Bonchev–Trinajstić information content (AvgIpc) is 3.25. The van der Waals surface area contributed by atoms with Crippen molar-refractivity contribution in [1.82, 2.24) is 0 Å². The fraction of sp³-hybridized carbons (Fsp3) is 0.612. The molecule has 0 amide bonds. The first-order valence-corrected chi connectivity index (χ1v) is 22.6. The van der Waals surface area contributed by atoms with Crippen molar-refractivity contribution < 1.29 is 92.1 Å². The minimum Gasteiger partial charge on any atom is -0.453 e. The van der Waals surface area contributed by atoms with E-state index in [1.54, 1.807) is 68.4 Å². The van der Waals surface area contributed by atoms with Gasteiger partial charge in [-0.3, -0.25) is 19.2 Å². The standard InChI is InChI=1S/C49H68O19/c1-12-13-14-34(51)62-29-18-15-27(23-31(29)65-45(58)48(6,7)8)17-20-35(52)67-40-33(25-50)63-42(39(56)41(40)68-43-38(55)37(54)36(53)26(2)61-43)60-22-21-28-16-19-30(64-44(57)47(3,4)5)32(24-28)66-46(59)49(9,10)11/h15-20,23-24,26,33,36-43,50,53-56H,12-14,21-22,25H2,1-11H3/b20-17+/t26-,33+,36-,37+,38+,39+,40+,41+,42+,43-/m1/s1. The van der Waals surface area contributed by atoms with Gasteiger partial charge >= 0.3 is 29.8 Å². The smallest absolute Gasteiger partial charge is 0.331 e. The first kappa shape index (κ1) is 55.8. The maximum Gasteiger partial charge on any atom is 0.331 e. The van der Waals surface area contributed by atoms with Crippen molar-refractivity contribution in [3.63, 3.8) is 0 Å². The lowest BCUT2D eigenvalue weighted by molar-refractivity contribution is -0.357. The van der Waals surface area contributed by atoms with Crippen molar-refractivity contribution in [2.75, 3.05) is 13.2 Å². The maximum absolute atomic E-state index is 13.5. The highest BCUT2D eigenvalue weighted by molar-refractivity contribution is 5.88. The molecule has 0 bridgehead atoms. The van der Waals surface area contributed by atoms with E-state index in [-0.39, 0.29) is 42.4 Å². The molecule has 68 heavy (non-hydrogen) atoms. The molecule has 10 atom stereocenters. The van der Waals surface area contributed by atoms with Crippen molar-refractivity contribution in [2.24, 2.45) is 16.2 Å². The summed E-state index contributed by atoms with van der Waals surface area (Å²) in [5.74, 6) is -3.41. The number of esters is 5. The summed E-state index contributed by atoms with van der Waals surface area (Å²) < 4.78 is 51.5. The molecule has 2 aromatic rings. The Morgan fingerprint density at radius 1 is 0.662 bits per heavy atom. The van der Waals surface area contributed by atoms with Crippen LogP contribution in [0.25, 0.3) is 6.08 Å². The summed E-state index contributed by atoms with van der Waals surface area (Å²) in [6.07, 6.45) is -12.0. The average molecular weight is 961 g/mol. The van der Waals surface area contributed by atoms with Crippen LogP contribution < -0.4 is 18.9 Å². The van der Waals surface area contributed by atoms with Crippen LogP contribution in [0.4, 0.5) is 0 Å². The Labute approximate surface area is 396 Å². The van der Waals surface area contributed by atoms with Gasteiger partial charge in [0, 0.05) is 12.5 Å². The van der Waals surface area contributed by atoms with Gasteiger partial charge in [-0.05, 0) is 124 Å². The molecule has 0 spiro atoms. The fourth-order valence-electron chi connectivity index (χ4n) is 6.31. The Kier molecular flexibility index (Phi) is 19.4. The highest BCUT2D eigenvalue weighted by atomic mass is 16.7. The zero-order valence-corrected chi connectivity index (χ0v) is 40.6. The summed E-state index contributed by atoms with van der Waals surface area (Å²) in [4.78, 5) is 64.5. The molecule has 19 heteroatoms. The van der Waals surface area contributed by atoms with Crippen molar-refractivity contribution in [2.45, 2.75) is 163 Å². The van der Waals surface area contributed by atoms with Gasteiger partial charge in [0.1, 0.15) is 36.6 Å². The van der Waals surface area contributed by atoms with Gasteiger partial charge in [0.05, 0.1) is 35.6 Å². The molecule has 5 N–H and O–H groups in total. The Hall–Kier alpha value is -4.83. The van der Waals surface area contributed by atoms with E-state index in [1.165, 1.54) is 43.3 Å². The summed E-state index contributed by atoms with van der Waals surface area (Å²) in [5, 5.41) is 54.0. The SMILES string of the molecule is CCCCC(=O)Oc1ccc(/C=C/C(=O)O[C@@H]2[C@@H](O[C@H]3O[C@H](C)[C@@H](O)[C@H](O)[C@@H]3O)[C@H](O)[C@@H](OCCc3ccc(OC(=O)C(C)(C)C)c(OC(=O)C(C)(C)C)c3)O[C@H]2CO)cc1OC(=O)C(C)(C)C. The largest absolute Gasteiger partial charge is 0.453 e. The molecule has 2 aromatic carbocycles. The Bertz CT molecular complexity index is 2100. The topological polar surface area (TPSA) is 270 Å². The van der Waals surface area contributed by atoms with Crippen molar-refractivity contribution in [3.05, 3.63) is 53.6 Å². The number of ether oxygens (including phenoxy) is 9. The van der Waals surface area contributed by atoms with E-state index in [0.717, 1.165) is 12.5 Å². The zero-order chi connectivity index (χ0) is 50.9. The minimum atomic E-state index is -1.85. The van der Waals surface area contributed by atoms with E-state index in [4.69, 9.17) is 42.6 Å². The predicted molar refractivity (Wildman–Crippen MR) is 241 cm³/mol. The second kappa shape index (κ2) is 23.7. The number of benzene rings is 2. The molecule has 0 radical (unpaired) electrons. The second-order valence-corrected chi connectivity index (χ2v) is 19.8.